The third-order valence-corrected chi connectivity index (χ3v) is 7.33. The summed E-state index contributed by atoms with van der Waals surface area (Å²) in [4.78, 5) is 13.0. The molecule has 0 aromatic heterocycles. The lowest BCUT2D eigenvalue weighted by molar-refractivity contribution is -0.119. The Balaban J connectivity index is 1.83. The van der Waals surface area contributed by atoms with Crippen molar-refractivity contribution in [1.82, 2.24) is 5.43 Å². The number of nitrogens with zero attached hydrogens (tertiary/aromatic N) is 2. The Labute approximate surface area is 224 Å². The molecule has 0 aliphatic heterocycles. The van der Waals surface area contributed by atoms with E-state index in [0.29, 0.717) is 36.0 Å². The van der Waals surface area contributed by atoms with Crippen LogP contribution in [0.5, 0.6) is 11.5 Å². The van der Waals surface area contributed by atoms with E-state index in [1.165, 1.54) is 18.3 Å². The first-order chi connectivity index (χ1) is 18.1. The van der Waals surface area contributed by atoms with Crippen LogP contribution in [0, 0.1) is 20.8 Å². The second kappa shape index (κ2) is 12.9. The van der Waals surface area contributed by atoms with E-state index in [9.17, 15) is 13.2 Å². The normalized spacial score (nSPS) is 11.3. The van der Waals surface area contributed by atoms with Crippen LogP contribution in [-0.2, 0) is 14.8 Å². The molecule has 0 atom stereocenters. The van der Waals surface area contributed by atoms with Crippen molar-refractivity contribution in [3.63, 3.8) is 0 Å². The number of hydrazone groups is 1. The highest BCUT2D eigenvalue weighted by Gasteiger charge is 2.28. The number of ether oxygens (including phenoxy) is 2. The van der Waals surface area contributed by atoms with Gasteiger partial charge < -0.3 is 9.47 Å². The number of anilines is 1. The standard InChI is InChI=1S/C29H33N3O5S/c1-6-16-37-27-15-12-24(18-28(27)36-7-2)19-30-31-29(33)20-32(26-17-22(4)8-11-23(26)5)38(34,35)25-13-9-21(3)10-14-25/h6,8-15,17-19H,1,7,16,20H2,2-5H3,(H,31,33). The van der Waals surface area contributed by atoms with Crippen LogP contribution in [0.3, 0.4) is 0 Å². The molecule has 0 radical (unpaired) electrons. The van der Waals surface area contributed by atoms with Crippen molar-refractivity contribution < 1.29 is 22.7 Å². The summed E-state index contributed by atoms with van der Waals surface area (Å²) >= 11 is 0. The molecular weight excluding hydrogens is 502 g/mol. The predicted octanol–water partition coefficient (Wildman–Crippen LogP) is 4.92. The molecule has 0 spiro atoms. The highest BCUT2D eigenvalue weighted by Crippen LogP contribution is 2.29. The number of carbonyl (C=O) groups excluding carboxylic acids is 1. The first-order valence-electron chi connectivity index (χ1n) is 12.1. The van der Waals surface area contributed by atoms with Crippen molar-refractivity contribution in [2.75, 3.05) is 24.1 Å². The SMILES string of the molecule is C=CCOc1ccc(C=NNC(=O)CN(c2cc(C)ccc2C)S(=O)(=O)c2ccc(C)cc2)cc1OCC. The first-order valence-corrected chi connectivity index (χ1v) is 13.6. The molecule has 0 aliphatic carbocycles. The Morgan fingerprint density at radius 3 is 2.37 bits per heavy atom. The van der Waals surface area contributed by atoms with E-state index >= 15 is 0 Å². The van der Waals surface area contributed by atoms with Crippen LogP contribution in [0.15, 0.2) is 83.3 Å². The van der Waals surface area contributed by atoms with Gasteiger partial charge in [-0.2, -0.15) is 5.10 Å². The zero-order valence-corrected chi connectivity index (χ0v) is 22.9. The van der Waals surface area contributed by atoms with E-state index in [0.717, 1.165) is 21.0 Å². The molecule has 0 heterocycles. The maximum absolute atomic E-state index is 13.6. The molecule has 3 aromatic carbocycles. The van der Waals surface area contributed by atoms with Crippen molar-refractivity contribution in [1.29, 1.82) is 0 Å². The molecule has 0 unspecified atom stereocenters. The molecule has 9 heteroatoms. The summed E-state index contributed by atoms with van der Waals surface area (Å²) < 4.78 is 39.6. The van der Waals surface area contributed by atoms with Crippen LogP contribution in [0.4, 0.5) is 5.69 Å². The van der Waals surface area contributed by atoms with E-state index in [4.69, 9.17) is 9.47 Å². The Kier molecular flexibility index (Phi) is 9.67. The molecule has 0 bridgehead atoms. The number of hydrogen-bond acceptors (Lipinski definition) is 6. The van der Waals surface area contributed by atoms with E-state index in [1.54, 1.807) is 49.4 Å². The molecular formula is C29H33N3O5S. The number of nitrogens with one attached hydrogen (secondary N) is 1. The van der Waals surface area contributed by atoms with Gasteiger partial charge in [0.25, 0.3) is 15.9 Å². The number of carbonyl (C=O) groups is 1. The molecule has 1 amide bonds. The van der Waals surface area contributed by atoms with Gasteiger partial charge in [0.1, 0.15) is 13.2 Å². The van der Waals surface area contributed by atoms with Crippen LogP contribution in [0.25, 0.3) is 0 Å². The Morgan fingerprint density at radius 1 is 0.974 bits per heavy atom. The zero-order valence-electron chi connectivity index (χ0n) is 22.1. The van der Waals surface area contributed by atoms with Gasteiger partial charge in [0.2, 0.25) is 0 Å². The molecule has 1 N–H and O–H groups in total. The fourth-order valence-corrected chi connectivity index (χ4v) is 5.09. The van der Waals surface area contributed by atoms with Gasteiger partial charge in [-0.05, 0) is 80.8 Å². The third kappa shape index (κ3) is 7.23. The second-order valence-corrected chi connectivity index (χ2v) is 10.5. The van der Waals surface area contributed by atoms with Gasteiger partial charge in [-0.1, -0.05) is 42.5 Å². The van der Waals surface area contributed by atoms with Crippen LogP contribution >= 0.6 is 0 Å². The van der Waals surface area contributed by atoms with Crippen molar-refractivity contribution in [2.24, 2.45) is 5.10 Å². The van der Waals surface area contributed by atoms with Gasteiger partial charge in [0, 0.05) is 0 Å². The largest absolute Gasteiger partial charge is 0.490 e. The molecule has 8 nitrogen and oxygen atoms in total. The molecule has 38 heavy (non-hydrogen) atoms. The van der Waals surface area contributed by atoms with Crippen molar-refractivity contribution in [3.05, 3.63) is 95.6 Å². The number of benzene rings is 3. The van der Waals surface area contributed by atoms with Gasteiger partial charge in [-0.25, -0.2) is 13.8 Å². The number of hydrogen-bond donors (Lipinski definition) is 1. The number of aryl methyl sites for hydroxylation is 3. The topological polar surface area (TPSA) is 97.3 Å². The summed E-state index contributed by atoms with van der Waals surface area (Å²) in [6, 6.07) is 17.3. The maximum Gasteiger partial charge on any atom is 0.264 e. The van der Waals surface area contributed by atoms with Crippen LogP contribution < -0.4 is 19.2 Å². The summed E-state index contributed by atoms with van der Waals surface area (Å²) in [6.07, 6.45) is 3.09. The predicted molar refractivity (Wildman–Crippen MR) is 151 cm³/mol. The summed E-state index contributed by atoms with van der Waals surface area (Å²) in [5.74, 6) is 0.516. The highest BCUT2D eigenvalue weighted by atomic mass is 32.2. The minimum Gasteiger partial charge on any atom is -0.490 e. The lowest BCUT2D eigenvalue weighted by Gasteiger charge is -2.25. The number of amides is 1. The highest BCUT2D eigenvalue weighted by molar-refractivity contribution is 7.92. The van der Waals surface area contributed by atoms with Crippen molar-refractivity contribution in [3.8, 4) is 11.5 Å². The summed E-state index contributed by atoms with van der Waals surface area (Å²) in [6.45, 7) is 11.4. The lowest BCUT2D eigenvalue weighted by atomic mass is 10.1. The number of sulfonamides is 1. The molecule has 0 saturated carbocycles. The van der Waals surface area contributed by atoms with Gasteiger partial charge in [-0.15, -0.1) is 0 Å². The summed E-state index contributed by atoms with van der Waals surface area (Å²) in [5, 5.41) is 4.03. The van der Waals surface area contributed by atoms with Crippen LogP contribution in [0.1, 0.15) is 29.2 Å². The lowest BCUT2D eigenvalue weighted by Crippen LogP contribution is -2.40. The average molecular weight is 536 g/mol. The Hall–Kier alpha value is -4.11. The zero-order chi connectivity index (χ0) is 27.7. The molecule has 3 rings (SSSR count). The first kappa shape index (κ1) is 28.5. The third-order valence-electron chi connectivity index (χ3n) is 5.56. The summed E-state index contributed by atoms with van der Waals surface area (Å²) in [7, 11) is -4.02. The molecule has 3 aromatic rings. The van der Waals surface area contributed by atoms with E-state index in [-0.39, 0.29) is 4.90 Å². The van der Waals surface area contributed by atoms with Crippen LogP contribution in [0.2, 0.25) is 0 Å². The minimum absolute atomic E-state index is 0.0996. The summed E-state index contributed by atoms with van der Waals surface area (Å²) in [5.41, 5.74) is 6.07. The van der Waals surface area contributed by atoms with Crippen molar-refractivity contribution in [2.45, 2.75) is 32.6 Å². The Morgan fingerprint density at radius 2 is 1.68 bits per heavy atom. The van der Waals surface area contributed by atoms with Gasteiger partial charge in [0.15, 0.2) is 11.5 Å². The smallest absolute Gasteiger partial charge is 0.264 e. The molecule has 0 fully saturated rings. The fraction of sp³-hybridized carbons (Fsp3) is 0.241. The maximum atomic E-state index is 13.6. The van der Waals surface area contributed by atoms with Crippen molar-refractivity contribution >= 4 is 27.8 Å². The fourth-order valence-electron chi connectivity index (χ4n) is 3.61. The quantitative estimate of drug-likeness (QED) is 0.202. The molecule has 0 saturated heterocycles. The van der Waals surface area contributed by atoms with E-state index in [2.05, 4.69) is 17.1 Å². The van der Waals surface area contributed by atoms with Crippen LogP contribution in [-0.4, -0.2) is 40.3 Å². The Bertz CT molecular complexity index is 1420. The molecule has 0 aliphatic rings. The van der Waals surface area contributed by atoms with E-state index < -0.39 is 22.5 Å². The second-order valence-electron chi connectivity index (χ2n) is 8.65. The van der Waals surface area contributed by atoms with Gasteiger partial charge >= 0.3 is 0 Å². The minimum atomic E-state index is -4.02. The number of rotatable bonds is 12. The molecule has 200 valence electrons. The van der Waals surface area contributed by atoms with Gasteiger partial charge in [0.05, 0.1) is 23.4 Å². The monoisotopic (exact) mass is 535 g/mol. The van der Waals surface area contributed by atoms with E-state index in [1.807, 2.05) is 32.9 Å². The average Bonchev–Trinajstić information content (AvgIpc) is 2.89. The van der Waals surface area contributed by atoms with Gasteiger partial charge in [-0.3, -0.25) is 9.10 Å².